The van der Waals surface area contributed by atoms with Crippen molar-refractivity contribution in [2.45, 2.75) is 39.2 Å². The number of aryl methyl sites for hydroxylation is 1. The van der Waals surface area contributed by atoms with Crippen LogP contribution in [0.2, 0.25) is 0 Å². The van der Waals surface area contributed by atoms with E-state index in [2.05, 4.69) is 48.3 Å². The molecule has 1 aromatic rings. The van der Waals surface area contributed by atoms with Crippen molar-refractivity contribution in [1.29, 1.82) is 0 Å². The fraction of sp³-hybridized carbons (Fsp3) is 0.647. The van der Waals surface area contributed by atoms with Crippen LogP contribution in [0.4, 0.5) is 0 Å². The third-order valence-corrected chi connectivity index (χ3v) is 4.87. The number of rotatable bonds is 3. The van der Waals surface area contributed by atoms with Crippen molar-refractivity contribution >= 4 is 12.4 Å². The Morgan fingerprint density at radius 3 is 2.70 bits per heavy atom. The van der Waals surface area contributed by atoms with Gasteiger partial charge in [0.15, 0.2) is 0 Å². The quantitative estimate of drug-likeness (QED) is 0.917. The average Bonchev–Trinajstić information content (AvgIpc) is 3.00. The summed E-state index contributed by atoms with van der Waals surface area (Å²) in [5, 5.41) is 3.52. The normalized spacial score (nSPS) is 30.4. The average molecular weight is 295 g/mol. The van der Waals surface area contributed by atoms with E-state index in [0.717, 1.165) is 0 Å². The minimum absolute atomic E-state index is 0. The number of hydrogen-bond acceptors (Lipinski definition) is 2. The molecule has 0 bridgehead atoms. The number of nitrogens with one attached hydrogen (secondary N) is 1. The molecule has 0 spiro atoms. The van der Waals surface area contributed by atoms with Gasteiger partial charge in [0.2, 0.25) is 0 Å². The highest BCUT2D eigenvalue weighted by Gasteiger charge is 2.35. The molecule has 0 aromatic heterocycles. The zero-order valence-corrected chi connectivity index (χ0v) is 13.5. The molecule has 2 nitrogen and oxygen atoms in total. The van der Waals surface area contributed by atoms with E-state index in [0.29, 0.717) is 11.5 Å². The van der Waals surface area contributed by atoms with Crippen molar-refractivity contribution in [3.8, 4) is 0 Å². The summed E-state index contributed by atoms with van der Waals surface area (Å²) < 4.78 is 0. The molecule has 0 aliphatic carbocycles. The van der Waals surface area contributed by atoms with Gasteiger partial charge in [0.1, 0.15) is 0 Å². The van der Waals surface area contributed by atoms with Crippen LogP contribution >= 0.6 is 12.4 Å². The summed E-state index contributed by atoms with van der Waals surface area (Å²) in [4.78, 5) is 2.72. The second kappa shape index (κ2) is 6.46. The van der Waals surface area contributed by atoms with Gasteiger partial charge in [-0.25, -0.2) is 0 Å². The maximum absolute atomic E-state index is 3.52. The third-order valence-electron chi connectivity index (χ3n) is 4.87. The zero-order chi connectivity index (χ0) is 13.3. The van der Waals surface area contributed by atoms with Gasteiger partial charge in [-0.2, -0.15) is 0 Å². The van der Waals surface area contributed by atoms with Crippen LogP contribution in [0.15, 0.2) is 24.3 Å². The standard InChI is InChI=1S/C17H26N2.ClH/c1-14-5-7-15(8-6-14)16-4-3-11-19(16)13-17(2)9-10-18-12-17;/h5-8,16,18H,3-4,9-13H2,1-2H3;1H. The molecule has 0 saturated carbocycles. The summed E-state index contributed by atoms with van der Waals surface area (Å²) in [7, 11) is 0. The van der Waals surface area contributed by atoms with Gasteiger partial charge < -0.3 is 5.32 Å². The minimum atomic E-state index is 0. The Morgan fingerprint density at radius 2 is 2.05 bits per heavy atom. The number of benzene rings is 1. The van der Waals surface area contributed by atoms with E-state index in [4.69, 9.17) is 0 Å². The van der Waals surface area contributed by atoms with Crippen LogP contribution < -0.4 is 5.32 Å². The van der Waals surface area contributed by atoms with Gasteiger partial charge in [0, 0.05) is 19.1 Å². The fourth-order valence-electron chi connectivity index (χ4n) is 3.68. The first-order valence-electron chi connectivity index (χ1n) is 7.68. The van der Waals surface area contributed by atoms with E-state index >= 15 is 0 Å². The highest BCUT2D eigenvalue weighted by molar-refractivity contribution is 5.85. The van der Waals surface area contributed by atoms with Gasteiger partial charge in [-0.3, -0.25) is 4.90 Å². The second-order valence-corrected chi connectivity index (χ2v) is 6.78. The highest BCUT2D eigenvalue weighted by atomic mass is 35.5. The smallest absolute Gasteiger partial charge is 0.0348 e. The van der Waals surface area contributed by atoms with E-state index < -0.39 is 0 Å². The Kier molecular flexibility index (Phi) is 5.11. The maximum atomic E-state index is 3.52. The first-order valence-corrected chi connectivity index (χ1v) is 7.68. The van der Waals surface area contributed by atoms with Crippen molar-refractivity contribution in [3.63, 3.8) is 0 Å². The lowest BCUT2D eigenvalue weighted by Gasteiger charge is -2.33. The Hall–Kier alpha value is -0.570. The summed E-state index contributed by atoms with van der Waals surface area (Å²) in [6, 6.07) is 9.81. The maximum Gasteiger partial charge on any atom is 0.0348 e. The van der Waals surface area contributed by atoms with Crippen LogP contribution in [-0.2, 0) is 0 Å². The molecule has 2 aliphatic rings. The Morgan fingerprint density at radius 1 is 1.30 bits per heavy atom. The van der Waals surface area contributed by atoms with Crippen molar-refractivity contribution in [2.24, 2.45) is 5.41 Å². The molecule has 3 heteroatoms. The predicted molar refractivity (Wildman–Crippen MR) is 87.6 cm³/mol. The summed E-state index contributed by atoms with van der Waals surface area (Å²) in [5.74, 6) is 0. The van der Waals surface area contributed by atoms with E-state index in [1.54, 1.807) is 0 Å². The molecule has 2 fully saturated rings. The van der Waals surface area contributed by atoms with Crippen LogP contribution in [0, 0.1) is 12.3 Å². The van der Waals surface area contributed by atoms with Crippen LogP contribution in [-0.4, -0.2) is 31.1 Å². The van der Waals surface area contributed by atoms with Crippen molar-refractivity contribution in [3.05, 3.63) is 35.4 Å². The first-order chi connectivity index (χ1) is 9.16. The third kappa shape index (κ3) is 3.36. The van der Waals surface area contributed by atoms with Crippen LogP contribution in [0.25, 0.3) is 0 Å². The van der Waals surface area contributed by atoms with E-state index in [1.165, 1.54) is 56.6 Å². The summed E-state index contributed by atoms with van der Waals surface area (Å²) >= 11 is 0. The van der Waals surface area contributed by atoms with Gasteiger partial charge in [0.05, 0.1) is 0 Å². The molecule has 2 saturated heterocycles. The number of hydrogen-bond donors (Lipinski definition) is 1. The monoisotopic (exact) mass is 294 g/mol. The molecule has 2 aliphatic heterocycles. The molecule has 0 amide bonds. The van der Waals surface area contributed by atoms with E-state index in [-0.39, 0.29) is 12.4 Å². The molecule has 2 atom stereocenters. The number of halogens is 1. The fourth-order valence-corrected chi connectivity index (χ4v) is 3.68. The molecule has 1 N–H and O–H groups in total. The van der Waals surface area contributed by atoms with E-state index in [1.807, 2.05) is 0 Å². The van der Waals surface area contributed by atoms with Crippen molar-refractivity contribution in [1.82, 2.24) is 10.2 Å². The first kappa shape index (κ1) is 15.8. The Labute approximate surface area is 129 Å². The zero-order valence-electron chi connectivity index (χ0n) is 12.7. The topological polar surface area (TPSA) is 15.3 Å². The summed E-state index contributed by atoms with van der Waals surface area (Å²) in [6.07, 6.45) is 4.00. The van der Waals surface area contributed by atoms with Gasteiger partial charge in [-0.1, -0.05) is 36.8 Å². The summed E-state index contributed by atoms with van der Waals surface area (Å²) in [5.41, 5.74) is 3.35. The molecule has 112 valence electrons. The summed E-state index contributed by atoms with van der Waals surface area (Å²) in [6.45, 7) is 9.51. The van der Waals surface area contributed by atoms with Crippen LogP contribution in [0.1, 0.15) is 43.4 Å². The van der Waals surface area contributed by atoms with Crippen molar-refractivity contribution < 1.29 is 0 Å². The molecule has 1 aromatic carbocycles. The largest absolute Gasteiger partial charge is 0.316 e. The van der Waals surface area contributed by atoms with Gasteiger partial charge in [0.25, 0.3) is 0 Å². The Bertz CT molecular complexity index is 423. The predicted octanol–water partition coefficient (Wildman–Crippen LogP) is 3.55. The number of nitrogens with zero attached hydrogens (tertiary/aromatic N) is 1. The van der Waals surface area contributed by atoms with Gasteiger partial charge >= 0.3 is 0 Å². The van der Waals surface area contributed by atoms with Crippen LogP contribution in [0.5, 0.6) is 0 Å². The van der Waals surface area contributed by atoms with Crippen molar-refractivity contribution in [2.75, 3.05) is 26.2 Å². The Balaban J connectivity index is 0.00000147. The van der Waals surface area contributed by atoms with Crippen LogP contribution in [0.3, 0.4) is 0 Å². The lowest BCUT2D eigenvalue weighted by Crippen LogP contribution is -2.37. The SMILES string of the molecule is Cc1ccc(C2CCCN2CC2(C)CCNC2)cc1.Cl. The number of likely N-dealkylation sites (tertiary alicyclic amines) is 1. The lowest BCUT2D eigenvalue weighted by atomic mass is 9.88. The second-order valence-electron chi connectivity index (χ2n) is 6.78. The minimum Gasteiger partial charge on any atom is -0.316 e. The molecule has 0 radical (unpaired) electrons. The van der Waals surface area contributed by atoms with E-state index in [9.17, 15) is 0 Å². The lowest BCUT2D eigenvalue weighted by molar-refractivity contribution is 0.165. The van der Waals surface area contributed by atoms with Gasteiger partial charge in [-0.05, 0) is 50.3 Å². The molecule has 3 rings (SSSR count). The van der Waals surface area contributed by atoms with Gasteiger partial charge in [-0.15, -0.1) is 12.4 Å². The molecular formula is C17H27ClN2. The molecular weight excluding hydrogens is 268 g/mol. The molecule has 2 unspecified atom stereocenters. The highest BCUT2D eigenvalue weighted by Crippen LogP contribution is 2.36. The molecule has 20 heavy (non-hydrogen) atoms. The molecule has 2 heterocycles.